The summed E-state index contributed by atoms with van der Waals surface area (Å²) in [6, 6.07) is 22.4. The molecule has 1 atom stereocenters. The highest BCUT2D eigenvalue weighted by molar-refractivity contribution is 7.22. The van der Waals surface area contributed by atoms with Gasteiger partial charge < -0.3 is 9.30 Å². The molecule has 7 heteroatoms. The van der Waals surface area contributed by atoms with Crippen molar-refractivity contribution in [1.29, 1.82) is 0 Å². The number of thiazole rings is 1. The molecule has 0 bridgehead atoms. The van der Waals surface area contributed by atoms with Crippen LogP contribution >= 0.6 is 22.9 Å². The Balaban J connectivity index is 1.59. The second-order valence-corrected chi connectivity index (χ2v) is 13.1. The van der Waals surface area contributed by atoms with Gasteiger partial charge >= 0.3 is 0 Å². The van der Waals surface area contributed by atoms with Crippen molar-refractivity contribution in [2.45, 2.75) is 46.3 Å². The number of carbonyl (C=O) groups is 1. The molecule has 6 aromatic rings. The van der Waals surface area contributed by atoms with Gasteiger partial charge in [0.05, 0.1) is 15.8 Å². The monoisotopic (exact) mass is 593 g/mol. The van der Waals surface area contributed by atoms with Crippen molar-refractivity contribution >= 4 is 50.0 Å². The number of ketones is 1. The largest absolute Gasteiger partial charge is 0.360 e. The number of Topliss-reactive ketones (excluding diaryl/α,β-unsaturated/α-hetero) is 1. The topological polar surface area (TPSA) is 57.0 Å². The van der Waals surface area contributed by atoms with Crippen molar-refractivity contribution in [3.63, 3.8) is 0 Å². The number of rotatable bonds is 6. The highest BCUT2D eigenvalue weighted by Gasteiger charge is 2.30. The third-order valence-electron chi connectivity index (χ3n) is 7.31. The van der Waals surface area contributed by atoms with Crippen LogP contribution in [-0.2, 0) is 16.6 Å². The number of pyridine rings is 1. The summed E-state index contributed by atoms with van der Waals surface area (Å²) in [5.41, 5.74) is 8.24. The van der Waals surface area contributed by atoms with Crippen LogP contribution in [0, 0.1) is 6.92 Å². The van der Waals surface area contributed by atoms with Gasteiger partial charge in [-0.25, -0.2) is 9.97 Å². The standard InChI is InChI=1S/C35H32ClN3O2S/c1-20-16-28-32(30(23-12-14-25(36)15-13-23)29(20)31(21(2)40)41-35(3,4)5)42-34(38-28)24-17-26-27(22-10-8-7-9-11-22)19-39(6)33(26)37-18-24/h7-19,31H,1-6H3/t31-/m1/s1. The molecule has 0 aliphatic heterocycles. The Morgan fingerprint density at radius 1 is 1.00 bits per heavy atom. The van der Waals surface area contributed by atoms with Crippen LogP contribution in [0.1, 0.15) is 44.9 Å². The molecule has 0 aliphatic carbocycles. The van der Waals surface area contributed by atoms with E-state index in [1.54, 1.807) is 18.3 Å². The molecule has 5 nitrogen and oxygen atoms in total. The zero-order valence-electron chi connectivity index (χ0n) is 24.5. The Bertz CT molecular complexity index is 1950. The van der Waals surface area contributed by atoms with E-state index in [-0.39, 0.29) is 5.78 Å². The van der Waals surface area contributed by atoms with Gasteiger partial charge in [0.25, 0.3) is 0 Å². The summed E-state index contributed by atoms with van der Waals surface area (Å²) < 4.78 is 9.45. The van der Waals surface area contributed by atoms with Crippen molar-refractivity contribution in [2.75, 3.05) is 0 Å². The summed E-state index contributed by atoms with van der Waals surface area (Å²) in [5, 5.41) is 2.59. The summed E-state index contributed by atoms with van der Waals surface area (Å²) in [7, 11) is 2.02. The zero-order valence-corrected chi connectivity index (χ0v) is 26.1. The van der Waals surface area contributed by atoms with Gasteiger partial charge in [0, 0.05) is 52.1 Å². The quantitative estimate of drug-likeness (QED) is 0.193. The van der Waals surface area contributed by atoms with Gasteiger partial charge in [0.1, 0.15) is 16.8 Å². The smallest absolute Gasteiger partial charge is 0.163 e. The highest BCUT2D eigenvalue weighted by atomic mass is 35.5. The molecule has 6 rings (SSSR count). The Morgan fingerprint density at radius 3 is 2.38 bits per heavy atom. The fourth-order valence-corrected chi connectivity index (χ4v) is 6.73. The van der Waals surface area contributed by atoms with Gasteiger partial charge in [-0.2, -0.15) is 0 Å². The number of aryl methyl sites for hydroxylation is 2. The molecule has 0 saturated heterocycles. The number of hydrogen-bond acceptors (Lipinski definition) is 5. The number of nitrogens with zero attached hydrogens (tertiary/aromatic N) is 3. The Morgan fingerprint density at radius 2 is 1.71 bits per heavy atom. The minimum Gasteiger partial charge on any atom is -0.360 e. The SMILES string of the molecule is CC(=O)[C@@H](OC(C)(C)C)c1c(C)cc2nc(-c3cnc4c(c3)c(-c3ccccc3)cn4C)sc2c1-c1ccc(Cl)cc1. The molecule has 0 spiro atoms. The molecule has 0 unspecified atom stereocenters. The first kappa shape index (κ1) is 28.3. The average Bonchev–Trinajstić information content (AvgIpc) is 3.52. The lowest BCUT2D eigenvalue weighted by molar-refractivity contribution is -0.138. The molecular weight excluding hydrogens is 562 g/mol. The van der Waals surface area contributed by atoms with Gasteiger partial charge in [0.2, 0.25) is 0 Å². The predicted octanol–water partition coefficient (Wildman–Crippen LogP) is 9.59. The number of ether oxygens (including phenoxy) is 1. The van der Waals surface area contributed by atoms with Crippen molar-refractivity contribution in [3.05, 3.63) is 95.3 Å². The van der Waals surface area contributed by atoms with Crippen LogP contribution in [0.5, 0.6) is 0 Å². The Labute approximate surface area is 254 Å². The molecule has 0 aliphatic rings. The van der Waals surface area contributed by atoms with E-state index in [1.807, 2.05) is 71.3 Å². The number of halogens is 1. The van der Waals surface area contributed by atoms with E-state index >= 15 is 0 Å². The predicted molar refractivity (Wildman–Crippen MR) is 174 cm³/mol. The lowest BCUT2D eigenvalue weighted by Gasteiger charge is -2.29. The summed E-state index contributed by atoms with van der Waals surface area (Å²) in [6.07, 6.45) is 3.30. The molecule has 0 N–H and O–H groups in total. The van der Waals surface area contributed by atoms with Gasteiger partial charge in [-0.15, -0.1) is 11.3 Å². The maximum Gasteiger partial charge on any atom is 0.163 e. The first-order chi connectivity index (χ1) is 20.0. The molecular formula is C35H32ClN3O2S. The molecule has 42 heavy (non-hydrogen) atoms. The van der Waals surface area contributed by atoms with E-state index in [1.165, 1.54) is 0 Å². The minimum absolute atomic E-state index is 0.0421. The van der Waals surface area contributed by atoms with Crippen molar-refractivity contribution in [1.82, 2.24) is 14.5 Å². The van der Waals surface area contributed by atoms with Crippen molar-refractivity contribution in [2.24, 2.45) is 7.05 Å². The van der Waals surface area contributed by atoms with E-state index < -0.39 is 11.7 Å². The molecule has 0 fully saturated rings. The fraction of sp³-hybridized carbons (Fsp3) is 0.229. The number of aromatic nitrogens is 3. The zero-order chi connectivity index (χ0) is 29.8. The summed E-state index contributed by atoms with van der Waals surface area (Å²) in [6.45, 7) is 9.54. The second-order valence-electron chi connectivity index (χ2n) is 11.7. The van der Waals surface area contributed by atoms with E-state index in [4.69, 9.17) is 26.3 Å². The van der Waals surface area contributed by atoms with Crippen LogP contribution < -0.4 is 0 Å². The Kier molecular flexibility index (Phi) is 7.26. The third kappa shape index (κ3) is 5.26. The lowest BCUT2D eigenvalue weighted by Crippen LogP contribution is -2.27. The van der Waals surface area contributed by atoms with Gasteiger partial charge in [-0.05, 0) is 75.6 Å². The summed E-state index contributed by atoms with van der Waals surface area (Å²) in [4.78, 5) is 23.0. The lowest BCUT2D eigenvalue weighted by atomic mass is 9.90. The van der Waals surface area contributed by atoms with Gasteiger partial charge in [-0.1, -0.05) is 54.1 Å². The van der Waals surface area contributed by atoms with Crippen molar-refractivity contribution < 1.29 is 9.53 Å². The number of fused-ring (bicyclic) bond motifs is 2. The highest BCUT2D eigenvalue weighted by Crippen LogP contribution is 2.45. The molecule has 0 radical (unpaired) electrons. The van der Waals surface area contributed by atoms with Crippen LogP contribution in [-0.4, -0.2) is 25.9 Å². The maximum atomic E-state index is 13.1. The summed E-state index contributed by atoms with van der Waals surface area (Å²) in [5.74, 6) is -0.0421. The summed E-state index contributed by atoms with van der Waals surface area (Å²) >= 11 is 7.89. The minimum atomic E-state index is -0.721. The molecule has 0 saturated carbocycles. The molecule has 0 amide bonds. The number of carbonyl (C=O) groups excluding carboxylic acids is 1. The van der Waals surface area contributed by atoms with E-state index in [2.05, 4.69) is 47.2 Å². The number of benzene rings is 3. The van der Waals surface area contributed by atoms with Crippen molar-refractivity contribution in [3.8, 4) is 32.8 Å². The molecule has 3 aromatic heterocycles. The van der Waals surface area contributed by atoms with E-state index in [0.717, 1.165) is 65.2 Å². The van der Waals surface area contributed by atoms with Crippen LogP contribution in [0.2, 0.25) is 5.02 Å². The van der Waals surface area contributed by atoms with Gasteiger partial charge in [0.15, 0.2) is 5.78 Å². The van der Waals surface area contributed by atoms with Crippen LogP contribution in [0.3, 0.4) is 0 Å². The average molecular weight is 594 g/mol. The van der Waals surface area contributed by atoms with Crippen LogP contribution in [0.25, 0.3) is 54.1 Å². The first-order valence-electron chi connectivity index (χ1n) is 13.9. The van der Waals surface area contributed by atoms with E-state index in [9.17, 15) is 4.79 Å². The molecule has 3 heterocycles. The Hall–Kier alpha value is -3.84. The fourth-order valence-electron chi connectivity index (χ4n) is 5.50. The van der Waals surface area contributed by atoms with Crippen LogP contribution in [0.15, 0.2) is 79.1 Å². The first-order valence-corrected chi connectivity index (χ1v) is 15.1. The van der Waals surface area contributed by atoms with Crippen LogP contribution in [0.4, 0.5) is 0 Å². The van der Waals surface area contributed by atoms with Gasteiger partial charge in [-0.3, -0.25) is 4.79 Å². The molecule has 3 aromatic carbocycles. The number of hydrogen-bond donors (Lipinski definition) is 0. The molecule has 212 valence electrons. The maximum absolute atomic E-state index is 13.1. The third-order valence-corrected chi connectivity index (χ3v) is 8.70. The second kappa shape index (κ2) is 10.8. The van der Waals surface area contributed by atoms with E-state index in [0.29, 0.717) is 5.02 Å². The normalized spacial score (nSPS) is 12.7.